The molecule has 0 spiro atoms. The van der Waals surface area contributed by atoms with Gasteiger partial charge in [-0.05, 0) is 36.8 Å². The second-order valence-corrected chi connectivity index (χ2v) is 3.82. The molecule has 1 aliphatic rings. The van der Waals surface area contributed by atoms with Crippen molar-refractivity contribution in [3.05, 3.63) is 47.0 Å². The van der Waals surface area contributed by atoms with Gasteiger partial charge in [0.05, 0.1) is 0 Å². The van der Waals surface area contributed by atoms with Crippen molar-refractivity contribution >= 4 is 7.85 Å². The summed E-state index contributed by atoms with van der Waals surface area (Å²) in [7, 11) is 5.74. The largest absolute Gasteiger partial charge is 0.117 e. The van der Waals surface area contributed by atoms with Crippen LogP contribution in [0.2, 0.25) is 0 Å². The maximum atomic E-state index is 5.74. The lowest BCUT2D eigenvalue weighted by molar-refractivity contribution is 0.927. The molecule has 0 aromatic carbocycles. The number of hydrogen-bond donors (Lipinski definition) is 0. The predicted molar refractivity (Wildman–Crippen MR) is 69.0 cm³/mol. The summed E-state index contributed by atoms with van der Waals surface area (Å²) in [6.45, 7) is 4.35. The van der Waals surface area contributed by atoms with Gasteiger partial charge in [-0.2, -0.15) is 0 Å². The van der Waals surface area contributed by atoms with Gasteiger partial charge in [-0.25, -0.2) is 0 Å². The molecule has 1 heteroatoms. The van der Waals surface area contributed by atoms with Crippen LogP contribution in [-0.4, -0.2) is 7.85 Å². The molecule has 1 aliphatic carbocycles. The zero-order valence-electron chi connectivity index (χ0n) is 9.79. The molecule has 0 unspecified atom stereocenters. The molecular weight excluding hydrogens is 179 g/mol. The normalized spacial score (nSPS) is 17.9. The maximum Gasteiger partial charge on any atom is 0.107 e. The van der Waals surface area contributed by atoms with E-state index in [1.165, 1.54) is 11.1 Å². The monoisotopic (exact) mass is 198 g/mol. The van der Waals surface area contributed by atoms with E-state index in [9.17, 15) is 0 Å². The second-order valence-electron chi connectivity index (χ2n) is 3.82. The molecule has 0 saturated heterocycles. The van der Waals surface area contributed by atoms with Crippen molar-refractivity contribution in [2.45, 2.75) is 39.5 Å². The molecular formula is C14H19B. The van der Waals surface area contributed by atoms with Crippen LogP contribution in [0, 0.1) is 0 Å². The smallest absolute Gasteiger partial charge is 0.107 e. The van der Waals surface area contributed by atoms with E-state index in [4.69, 9.17) is 7.85 Å². The molecule has 0 fully saturated rings. The molecule has 0 atom stereocenters. The standard InChI is InChI=1S/C14H19B/c1-3-5-6-7-12(4-2)13-8-10-14(15)11-9-13/h5-8,10H,3-4,9,11H2,1-2H3/b6-5-,12-7+. The molecule has 0 aromatic rings. The summed E-state index contributed by atoms with van der Waals surface area (Å²) in [5, 5.41) is 0. The summed E-state index contributed by atoms with van der Waals surface area (Å²) < 4.78 is 0. The van der Waals surface area contributed by atoms with Crippen LogP contribution in [0.4, 0.5) is 0 Å². The third-order valence-corrected chi connectivity index (χ3v) is 2.64. The Morgan fingerprint density at radius 1 is 1.33 bits per heavy atom. The average Bonchev–Trinajstić information content (AvgIpc) is 2.26. The van der Waals surface area contributed by atoms with Gasteiger partial charge in [0.1, 0.15) is 7.85 Å². The van der Waals surface area contributed by atoms with Crippen molar-refractivity contribution in [1.29, 1.82) is 0 Å². The Morgan fingerprint density at radius 3 is 2.67 bits per heavy atom. The van der Waals surface area contributed by atoms with E-state index in [1.54, 1.807) is 0 Å². The van der Waals surface area contributed by atoms with Crippen molar-refractivity contribution in [3.8, 4) is 0 Å². The predicted octanol–water partition coefficient (Wildman–Crippen LogP) is 4.06. The van der Waals surface area contributed by atoms with Crippen LogP contribution in [0.5, 0.6) is 0 Å². The topological polar surface area (TPSA) is 0 Å². The third-order valence-electron chi connectivity index (χ3n) is 2.64. The highest BCUT2D eigenvalue weighted by molar-refractivity contribution is 6.21. The zero-order valence-corrected chi connectivity index (χ0v) is 9.79. The van der Waals surface area contributed by atoms with Gasteiger partial charge in [0, 0.05) is 0 Å². The lowest BCUT2D eigenvalue weighted by atomic mass is 9.83. The van der Waals surface area contributed by atoms with Crippen LogP contribution in [0.25, 0.3) is 0 Å². The fourth-order valence-corrected chi connectivity index (χ4v) is 1.69. The van der Waals surface area contributed by atoms with Crippen LogP contribution >= 0.6 is 0 Å². The van der Waals surface area contributed by atoms with Gasteiger partial charge in [0.2, 0.25) is 0 Å². The van der Waals surface area contributed by atoms with Crippen molar-refractivity contribution in [2.24, 2.45) is 0 Å². The molecule has 0 saturated carbocycles. The summed E-state index contributed by atoms with van der Waals surface area (Å²) in [5.74, 6) is 0. The molecule has 0 N–H and O–H groups in total. The second kappa shape index (κ2) is 6.50. The summed E-state index contributed by atoms with van der Waals surface area (Å²) in [6, 6.07) is 0. The first kappa shape index (κ1) is 12.1. The van der Waals surface area contributed by atoms with Crippen molar-refractivity contribution in [3.63, 3.8) is 0 Å². The number of hydrogen-bond acceptors (Lipinski definition) is 0. The Hall–Kier alpha value is -0.975. The highest BCUT2D eigenvalue weighted by Crippen LogP contribution is 2.24. The van der Waals surface area contributed by atoms with Gasteiger partial charge in [-0.3, -0.25) is 0 Å². The van der Waals surface area contributed by atoms with E-state index in [0.717, 1.165) is 31.2 Å². The molecule has 1 rings (SSSR count). The van der Waals surface area contributed by atoms with Gasteiger partial charge in [-0.15, -0.1) is 5.47 Å². The molecule has 15 heavy (non-hydrogen) atoms. The van der Waals surface area contributed by atoms with Gasteiger partial charge in [0.25, 0.3) is 0 Å². The maximum absolute atomic E-state index is 5.74. The van der Waals surface area contributed by atoms with E-state index in [0.29, 0.717) is 0 Å². The average molecular weight is 198 g/mol. The van der Waals surface area contributed by atoms with Crippen molar-refractivity contribution in [2.75, 3.05) is 0 Å². The zero-order chi connectivity index (χ0) is 11.1. The number of allylic oxidation sites excluding steroid dienone is 8. The Bertz CT molecular complexity index is 316. The van der Waals surface area contributed by atoms with Crippen LogP contribution in [0.3, 0.4) is 0 Å². The Balaban J connectivity index is 2.75. The molecule has 0 nitrogen and oxygen atoms in total. The SMILES string of the molecule is [B]C1=CC=C(/C(=C/C=C\CC)CC)CC1. The van der Waals surface area contributed by atoms with Crippen LogP contribution < -0.4 is 0 Å². The Labute approximate surface area is 94.9 Å². The van der Waals surface area contributed by atoms with Crippen LogP contribution in [0.15, 0.2) is 47.0 Å². The summed E-state index contributed by atoms with van der Waals surface area (Å²) in [4.78, 5) is 0. The van der Waals surface area contributed by atoms with E-state index >= 15 is 0 Å². The highest BCUT2D eigenvalue weighted by atomic mass is 14.1. The van der Waals surface area contributed by atoms with Gasteiger partial charge in [0.15, 0.2) is 0 Å². The summed E-state index contributed by atoms with van der Waals surface area (Å²) >= 11 is 0. The molecule has 0 bridgehead atoms. The lowest BCUT2D eigenvalue weighted by Crippen LogP contribution is -1.96. The first-order valence-electron chi connectivity index (χ1n) is 5.79. The van der Waals surface area contributed by atoms with Gasteiger partial charge < -0.3 is 0 Å². The van der Waals surface area contributed by atoms with Crippen molar-refractivity contribution in [1.82, 2.24) is 0 Å². The fourth-order valence-electron chi connectivity index (χ4n) is 1.69. The Kier molecular flexibility index (Phi) is 5.24. The first-order chi connectivity index (χ1) is 7.27. The minimum absolute atomic E-state index is 0.998. The summed E-state index contributed by atoms with van der Waals surface area (Å²) in [6.07, 6.45) is 15.0. The van der Waals surface area contributed by atoms with Gasteiger partial charge >= 0.3 is 0 Å². The third kappa shape index (κ3) is 3.95. The van der Waals surface area contributed by atoms with Crippen molar-refractivity contribution < 1.29 is 0 Å². The first-order valence-corrected chi connectivity index (χ1v) is 5.79. The molecule has 78 valence electrons. The molecule has 0 aliphatic heterocycles. The van der Waals surface area contributed by atoms with E-state index in [1.807, 2.05) is 6.08 Å². The van der Waals surface area contributed by atoms with E-state index in [2.05, 4.69) is 38.2 Å². The molecule has 0 aromatic heterocycles. The van der Waals surface area contributed by atoms with E-state index < -0.39 is 0 Å². The number of rotatable bonds is 4. The van der Waals surface area contributed by atoms with E-state index in [-0.39, 0.29) is 0 Å². The molecule has 0 heterocycles. The molecule has 0 amide bonds. The van der Waals surface area contributed by atoms with Crippen LogP contribution in [0.1, 0.15) is 39.5 Å². The fraction of sp³-hybridized carbons (Fsp3) is 0.429. The molecule has 2 radical (unpaired) electrons. The van der Waals surface area contributed by atoms with Gasteiger partial charge in [-0.1, -0.05) is 44.2 Å². The van der Waals surface area contributed by atoms with Crippen LogP contribution in [-0.2, 0) is 0 Å². The summed E-state index contributed by atoms with van der Waals surface area (Å²) in [5.41, 5.74) is 3.87. The Morgan fingerprint density at radius 2 is 2.13 bits per heavy atom. The minimum Gasteiger partial charge on any atom is -0.117 e. The highest BCUT2D eigenvalue weighted by Gasteiger charge is 2.05. The minimum atomic E-state index is 0.998. The lowest BCUT2D eigenvalue weighted by Gasteiger charge is -2.14. The quantitative estimate of drug-likeness (QED) is 0.472.